The van der Waals surface area contributed by atoms with Crippen LogP contribution >= 0.6 is 0 Å². The van der Waals surface area contributed by atoms with Gasteiger partial charge in [0.1, 0.15) is 5.82 Å². The van der Waals surface area contributed by atoms with Crippen molar-refractivity contribution in [2.75, 3.05) is 6.61 Å². The lowest BCUT2D eigenvalue weighted by Gasteiger charge is -1.99. The summed E-state index contributed by atoms with van der Waals surface area (Å²) in [7, 11) is 0. The molecule has 96 valence electrons. The summed E-state index contributed by atoms with van der Waals surface area (Å²) in [4.78, 5) is 21.7. The topological polar surface area (TPSA) is 63.6 Å². The number of ether oxygens (including phenoxy) is 1. The summed E-state index contributed by atoms with van der Waals surface area (Å²) >= 11 is 0. The van der Waals surface area contributed by atoms with Gasteiger partial charge in [0.25, 0.3) is 0 Å². The smallest absolute Gasteiger partial charge is 0.335 e. The van der Waals surface area contributed by atoms with Crippen LogP contribution in [0, 0.1) is 5.82 Å². The van der Waals surface area contributed by atoms with Gasteiger partial charge in [0.2, 0.25) is 0 Å². The molecule has 0 heterocycles. The first-order valence-electron chi connectivity index (χ1n) is 5.39. The fourth-order valence-corrected chi connectivity index (χ4v) is 1.34. The van der Waals surface area contributed by atoms with Crippen LogP contribution < -0.4 is 0 Å². The summed E-state index contributed by atoms with van der Waals surface area (Å²) in [5.41, 5.74) is 0.252. The molecule has 0 aliphatic carbocycles. The molecule has 0 amide bonds. The Balaban J connectivity index is 2.75. The quantitative estimate of drug-likeness (QED) is 0.818. The number of halogens is 1. The van der Waals surface area contributed by atoms with Crippen molar-refractivity contribution in [2.45, 2.75) is 13.3 Å². The van der Waals surface area contributed by atoms with Crippen LogP contribution in [0.15, 0.2) is 24.3 Å². The first kappa shape index (κ1) is 13.9. The van der Waals surface area contributed by atoms with E-state index in [-0.39, 0.29) is 18.0 Å². The van der Waals surface area contributed by atoms with Crippen LogP contribution in [-0.4, -0.2) is 23.7 Å². The van der Waals surface area contributed by atoms with Gasteiger partial charge in [-0.25, -0.2) is 9.18 Å². The summed E-state index contributed by atoms with van der Waals surface area (Å²) in [6, 6.07) is 3.45. The van der Waals surface area contributed by atoms with E-state index in [9.17, 15) is 14.0 Å². The van der Waals surface area contributed by atoms with Crippen LogP contribution in [0.3, 0.4) is 0 Å². The Bertz CT molecular complexity index is 480. The molecule has 0 saturated heterocycles. The fourth-order valence-electron chi connectivity index (χ4n) is 1.34. The number of carboxylic acids is 1. The molecule has 1 rings (SSSR count). The second kappa shape index (κ2) is 6.54. The minimum Gasteiger partial charge on any atom is -0.478 e. The van der Waals surface area contributed by atoms with Gasteiger partial charge >= 0.3 is 11.9 Å². The van der Waals surface area contributed by atoms with Crippen molar-refractivity contribution in [1.29, 1.82) is 0 Å². The second-order valence-electron chi connectivity index (χ2n) is 3.49. The number of carbonyl (C=O) groups excluding carboxylic acids is 1. The molecule has 0 aromatic heterocycles. The number of hydrogen-bond donors (Lipinski definition) is 1. The zero-order valence-corrected chi connectivity index (χ0v) is 9.85. The second-order valence-corrected chi connectivity index (χ2v) is 3.49. The average Bonchev–Trinajstić information content (AvgIpc) is 2.28. The van der Waals surface area contributed by atoms with Gasteiger partial charge in [-0.15, -0.1) is 0 Å². The van der Waals surface area contributed by atoms with E-state index in [1.807, 2.05) is 0 Å². The van der Waals surface area contributed by atoms with Gasteiger partial charge in [-0.2, -0.15) is 0 Å². The highest BCUT2D eigenvalue weighted by atomic mass is 19.1. The molecule has 0 saturated carbocycles. The summed E-state index contributed by atoms with van der Waals surface area (Å²) in [6.07, 6.45) is 3.04. The first-order chi connectivity index (χ1) is 8.52. The molecule has 5 heteroatoms. The molecule has 0 atom stereocenters. The van der Waals surface area contributed by atoms with Gasteiger partial charge in [-0.3, -0.25) is 4.79 Å². The number of hydrogen-bond acceptors (Lipinski definition) is 3. The van der Waals surface area contributed by atoms with Crippen LogP contribution in [0.25, 0.3) is 6.08 Å². The van der Waals surface area contributed by atoms with E-state index >= 15 is 0 Å². The molecular formula is C13H13FO4. The van der Waals surface area contributed by atoms with E-state index in [0.29, 0.717) is 12.2 Å². The normalized spacial score (nSPS) is 10.6. The van der Waals surface area contributed by atoms with Crippen molar-refractivity contribution in [3.8, 4) is 0 Å². The van der Waals surface area contributed by atoms with E-state index < -0.39 is 11.8 Å². The van der Waals surface area contributed by atoms with Crippen molar-refractivity contribution in [1.82, 2.24) is 0 Å². The van der Waals surface area contributed by atoms with Crippen molar-refractivity contribution in [3.05, 3.63) is 41.2 Å². The van der Waals surface area contributed by atoms with Crippen LogP contribution in [0.1, 0.15) is 29.3 Å². The van der Waals surface area contributed by atoms with Gasteiger partial charge in [0.05, 0.1) is 18.6 Å². The highest BCUT2D eigenvalue weighted by Gasteiger charge is 2.05. The van der Waals surface area contributed by atoms with Gasteiger partial charge in [0, 0.05) is 0 Å². The third-order valence-electron chi connectivity index (χ3n) is 2.07. The minimum atomic E-state index is -1.20. The zero-order chi connectivity index (χ0) is 13.5. The van der Waals surface area contributed by atoms with E-state index in [0.717, 1.165) is 6.07 Å². The largest absolute Gasteiger partial charge is 0.478 e. The molecule has 0 aliphatic rings. The molecule has 4 nitrogen and oxygen atoms in total. The molecule has 0 bridgehead atoms. The number of carboxylic acid groups (broad SMARTS) is 1. The molecule has 0 fully saturated rings. The lowest BCUT2D eigenvalue weighted by atomic mass is 10.1. The number of esters is 1. The molecule has 18 heavy (non-hydrogen) atoms. The maximum atomic E-state index is 13.1. The zero-order valence-electron chi connectivity index (χ0n) is 9.85. The number of aromatic carboxylic acids is 1. The Morgan fingerprint density at radius 2 is 2.11 bits per heavy atom. The van der Waals surface area contributed by atoms with Gasteiger partial charge in [-0.1, -0.05) is 12.2 Å². The van der Waals surface area contributed by atoms with Crippen molar-refractivity contribution >= 4 is 18.0 Å². The SMILES string of the molecule is CCOC(=O)CC=Cc1cc(F)cc(C(=O)O)c1. The summed E-state index contributed by atoms with van der Waals surface area (Å²) in [6.45, 7) is 2.00. The molecule has 1 aromatic carbocycles. The third kappa shape index (κ3) is 4.37. The monoisotopic (exact) mass is 252 g/mol. The van der Waals surface area contributed by atoms with Crippen LogP contribution in [0.2, 0.25) is 0 Å². The lowest BCUT2D eigenvalue weighted by Crippen LogP contribution is -2.01. The highest BCUT2D eigenvalue weighted by Crippen LogP contribution is 2.11. The standard InChI is InChI=1S/C13H13FO4/c1-2-18-12(15)5-3-4-9-6-10(13(16)17)8-11(14)7-9/h3-4,6-8H,2,5H2,1H3,(H,16,17). The number of rotatable bonds is 5. The van der Waals surface area contributed by atoms with Crippen LogP contribution in [-0.2, 0) is 9.53 Å². The Morgan fingerprint density at radius 1 is 1.39 bits per heavy atom. The molecule has 0 aliphatic heterocycles. The van der Waals surface area contributed by atoms with E-state index in [2.05, 4.69) is 0 Å². The molecule has 1 N–H and O–H groups in total. The van der Waals surface area contributed by atoms with Crippen LogP contribution in [0.5, 0.6) is 0 Å². The van der Waals surface area contributed by atoms with Crippen molar-refractivity contribution in [3.63, 3.8) is 0 Å². The Morgan fingerprint density at radius 3 is 2.72 bits per heavy atom. The van der Waals surface area contributed by atoms with Gasteiger partial charge in [-0.05, 0) is 30.7 Å². The molecule has 0 radical (unpaired) electrons. The van der Waals surface area contributed by atoms with Crippen molar-refractivity contribution < 1.29 is 23.8 Å². The fraction of sp³-hybridized carbons (Fsp3) is 0.231. The summed E-state index contributed by atoms with van der Waals surface area (Å²) in [5, 5.41) is 8.75. The van der Waals surface area contributed by atoms with Gasteiger partial charge < -0.3 is 9.84 Å². The first-order valence-corrected chi connectivity index (χ1v) is 5.39. The van der Waals surface area contributed by atoms with E-state index in [4.69, 9.17) is 9.84 Å². The molecule has 0 spiro atoms. The average molecular weight is 252 g/mol. The Labute approximate surface area is 104 Å². The maximum absolute atomic E-state index is 13.1. The maximum Gasteiger partial charge on any atom is 0.335 e. The number of benzene rings is 1. The third-order valence-corrected chi connectivity index (χ3v) is 2.07. The summed E-state index contributed by atoms with van der Waals surface area (Å²) in [5.74, 6) is -2.22. The Kier molecular flexibility index (Phi) is 5.05. The molecule has 0 unspecified atom stereocenters. The number of carbonyl (C=O) groups is 2. The lowest BCUT2D eigenvalue weighted by molar-refractivity contribution is -0.142. The van der Waals surface area contributed by atoms with E-state index in [1.54, 1.807) is 6.92 Å². The van der Waals surface area contributed by atoms with E-state index in [1.165, 1.54) is 24.3 Å². The molecular weight excluding hydrogens is 239 g/mol. The van der Waals surface area contributed by atoms with Crippen LogP contribution in [0.4, 0.5) is 4.39 Å². The predicted molar refractivity (Wildman–Crippen MR) is 63.6 cm³/mol. The summed E-state index contributed by atoms with van der Waals surface area (Å²) < 4.78 is 17.8. The molecule has 1 aromatic rings. The predicted octanol–water partition coefficient (Wildman–Crippen LogP) is 2.49. The highest BCUT2D eigenvalue weighted by molar-refractivity contribution is 5.88. The van der Waals surface area contributed by atoms with Crippen molar-refractivity contribution in [2.24, 2.45) is 0 Å². The minimum absolute atomic E-state index is 0.0623. The Hall–Kier alpha value is -2.17. The van der Waals surface area contributed by atoms with Gasteiger partial charge in [0.15, 0.2) is 0 Å².